The quantitative estimate of drug-likeness (QED) is 0.873. The maximum Gasteiger partial charge on any atom is 0.337 e. The minimum atomic E-state index is -1.06. The third-order valence-corrected chi connectivity index (χ3v) is 4.31. The smallest absolute Gasteiger partial charge is 0.337 e. The van der Waals surface area contributed by atoms with Gasteiger partial charge >= 0.3 is 5.97 Å². The molecule has 1 amide bonds. The van der Waals surface area contributed by atoms with Crippen LogP contribution in [0.2, 0.25) is 0 Å². The van der Waals surface area contributed by atoms with Crippen LogP contribution in [0, 0.1) is 0 Å². The van der Waals surface area contributed by atoms with Gasteiger partial charge in [0.25, 0.3) is 5.91 Å². The highest BCUT2D eigenvalue weighted by Gasteiger charge is 2.18. The molecule has 6 nitrogen and oxygen atoms in total. The van der Waals surface area contributed by atoms with Gasteiger partial charge in [-0.3, -0.25) is 4.79 Å². The van der Waals surface area contributed by atoms with Crippen molar-refractivity contribution in [1.82, 2.24) is 0 Å². The molecule has 1 aliphatic rings. The SMILES string of the molecule is COc1ccc(C(=O)Nc2ccc(N3CCCC3)cc2C(=O)O)cc1. The minimum Gasteiger partial charge on any atom is -0.497 e. The Hall–Kier alpha value is -3.02. The van der Waals surface area contributed by atoms with E-state index in [-0.39, 0.29) is 17.2 Å². The van der Waals surface area contributed by atoms with Crippen molar-refractivity contribution in [3.63, 3.8) is 0 Å². The third kappa shape index (κ3) is 3.74. The molecule has 0 aliphatic carbocycles. The molecule has 25 heavy (non-hydrogen) atoms. The number of hydrogen-bond donors (Lipinski definition) is 2. The average molecular weight is 340 g/mol. The number of nitrogens with zero attached hydrogens (tertiary/aromatic N) is 1. The number of amides is 1. The lowest BCUT2D eigenvalue weighted by molar-refractivity contribution is 0.0698. The van der Waals surface area contributed by atoms with Gasteiger partial charge in [0.05, 0.1) is 18.4 Å². The molecule has 0 aromatic heterocycles. The van der Waals surface area contributed by atoms with Gasteiger partial charge in [-0.25, -0.2) is 4.79 Å². The molecule has 1 aliphatic heterocycles. The number of hydrogen-bond acceptors (Lipinski definition) is 4. The number of carboxylic acids is 1. The molecule has 2 N–H and O–H groups in total. The second kappa shape index (κ2) is 7.25. The van der Waals surface area contributed by atoms with E-state index < -0.39 is 5.97 Å². The lowest BCUT2D eigenvalue weighted by Gasteiger charge is -2.19. The molecule has 0 saturated carbocycles. The number of nitrogens with one attached hydrogen (secondary N) is 1. The van der Waals surface area contributed by atoms with Crippen LogP contribution in [0.1, 0.15) is 33.6 Å². The molecule has 1 heterocycles. The topological polar surface area (TPSA) is 78.9 Å². The van der Waals surface area contributed by atoms with Crippen LogP contribution in [0.25, 0.3) is 0 Å². The zero-order chi connectivity index (χ0) is 17.8. The van der Waals surface area contributed by atoms with Crippen molar-refractivity contribution in [2.75, 3.05) is 30.4 Å². The Morgan fingerprint density at radius 3 is 2.36 bits per heavy atom. The number of methoxy groups -OCH3 is 1. The van der Waals surface area contributed by atoms with Gasteiger partial charge in [-0.05, 0) is 55.3 Å². The summed E-state index contributed by atoms with van der Waals surface area (Å²) in [4.78, 5) is 26.1. The standard InChI is InChI=1S/C19H20N2O4/c1-25-15-7-4-13(5-8-15)18(22)20-17-9-6-14(12-16(17)19(23)24)21-10-2-3-11-21/h4-9,12H,2-3,10-11H2,1H3,(H,20,22)(H,23,24). The molecule has 1 saturated heterocycles. The van der Waals surface area contributed by atoms with Gasteiger partial charge in [0.2, 0.25) is 0 Å². The first-order chi connectivity index (χ1) is 12.1. The van der Waals surface area contributed by atoms with Crippen molar-refractivity contribution in [3.8, 4) is 5.75 Å². The molecule has 0 atom stereocenters. The van der Waals surface area contributed by atoms with Gasteiger partial charge < -0.3 is 20.1 Å². The number of aromatic carboxylic acids is 1. The molecular formula is C19H20N2O4. The Morgan fingerprint density at radius 2 is 1.76 bits per heavy atom. The van der Waals surface area contributed by atoms with E-state index in [0.717, 1.165) is 31.6 Å². The summed E-state index contributed by atoms with van der Waals surface area (Å²) in [6.45, 7) is 1.85. The third-order valence-electron chi connectivity index (χ3n) is 4.31. The molecule has 6 heteroatoms. The van der Waals surface area contributed by atoms with Crippen LogP contribution < -0.4 is 15.0 Å². The Bertz CT molecular complexity index is 781. The van der Waals surface area contributed by atoms with Crippen LogP contribution >= 0.6 is 0 Å². The summed E-state index contributed by atoms with van der Waals surface area (Å²) in [6.07, 6.45) is 2.22. The summed E-state index contributed by atoms with van der Waals surface area (Å²) in [5.74, 6) is -0.775. The van der Waals surface area contributed by atoms with Crippen molar-refractivity contribution < 1.29 is 19.4 Å². The second-order valence-electron chi connectivity index (χ2n) is 5.91. The normalized spacial score (nSPS) is 13.6. The summed E-state index contributed by atoms with van der Waals surface area (Å²) < 4.78 is 5.07. The summed E-state index contributed by atoms with van der Waals surface area (Å²) in [5.41, 5.74) is 1.68. The summed E-state index contributed by atoms with van der Waals surface area (Å²) in [7, 11) is 1.55. The van der Waals surface area contributed by atoms with E-state index in [2.05, 4.69) is 10.2 Å². The number of rotatable bonds is 5. The molecule has 130 valence electrons. The zero-order valence-corrected chi connectivity index (χ0v) is 14.0. The van der Waals surface area contributed by atoms with E-state index >= 15 is 0 Å². The lowest BCUT2D eigenvalue weighted by atomic mass is 10.1. The van der Waals surface area contributed by atoms with Crippen LogP contribution in [0.15, 0.2) is 42.5 Å². The van der Waals surface area contributed by atoms with Crippen LogP contribution in [0.3, 0.4) is 0 Å². The molecule has 0 spiro atoms. The van der Waals surface area contributed by atoms with E-state index in [9.17, 15) is 14.7 Å². The van der Waals surface area contributed by atoms with Gasteiger partial charge in [0, 0.05) is 24.3 Å². The van der Waals surface area contributed by atoms with Crippen molar-refractivity contribution >= 4 is 23.3 Å². The highest BCUT2D eigenvalue weighted by Crippen LogP contribution is 2.26. The second-order valence-corrected chi connectivity index (χ2v) is 5.91. The summed E-state index contributed by atoms with van der Waals surface area (Å²) in [6, 6.07) is 11.8. The molecule has 2 aromatic rings. The van der Waals surface area contributed by atoms with Gasteiger partial charge in [-0.1, -0.05) is 0 Å². The minimum absolute atomic E-state index is 0.0891. The predicted molar refractivity (Wildman–Crippen MR) is 95.8 cm³/mol. The first-order valence-electron chi connectivity index (χ1n) is 8.16. The first-order valence-corrected chi connectivity index (χ1v) is 8.16. The lowest BCUT2D eigenvalue weighted by Crippen LogP contribution is -2.19. The maximum absolute atomic E-state index is 12.4. The molecule has 0 unspecified atom stereocenters. The molecular weight excluding hydrogens is 320 g/mol. The van der Waals surface area contributed by atoms with Crippen molar-refractivity contribution in [1.29, 1.82) is 0 Å². The van der Waals surface area contributed by atoms with E-state index in [4.69, 9.17) is 4.74 Å². The van der Waals surface area contributed by atoms with Gasteiger partial charge in [-0.2, -0.15) is 0 Å². The number of carbonyl (C=O) groups is 2. The van der Waals surface area contributed by atoms with Crippen LogP contribution in [-0.4, -0.2) is 37.2 Å². The van der Waals surface area contributed by atoms with Crippen molar-refractivity contribution in [2.45, 2.75) is 12.8 Å². The van der Waals surface area contributed by atoms with Gasteiger partial charge in [0.1, 0.15) is 5.75 Å². The maximum atomic E-state index is 12.4. The largest absolute Gasteiger partial charge is 0.497 e. The fourth-order valence-corrected chi connectivity index (χ4v) is 2.93. The summed E-state index contributed by atoms with van der Waals surface area (Å²) >= 11 is 0. The monoisotopic (exact) mass is 340 g/mol. The van der Waals surface area contributed by atoms with Gasteiger partial charge in [-0.15, -0.1) is 0 Å². The fraction of sp³-hybridized carbons (Fsp3) is 0.263. The first kappa shape index (κ1) is 16.8. The Labute approximate surface area is 146 Å². The number of anilines is 2. The van der Waals surface area contributed by atoms with Crippen LogP contribution in [0.4, 0.5) is 11.4 Å². The zero-order valence-electron chi connectivity index (χ0n) is 14.0. The molecule has 1 fully saturated rings. The number of carboxylic acid groups (broad SMARTS) is 1. The van der Waals surface area contributed by atoms with E-state index in [1.165, 1.54) is 0 Å². The number of benzene rings is 2. The Kier molecular flexibility index (Phi) is 4.88. The highest BCUT2D eigenvalue weighted by atomic mass is 16.5. The molecule has 0 radical (unpaired) electrons. The van der Waals surface area contributed by atoms with Crippen molar-refractivity contribution in [3.05, 3.63) is 53.6 Å². The molecule has 0 bridgehead atoms. The Balaban J connectivity index is 1.82. The Morgan fingerprint density at radius 1 is 1.08 bits per heavy atom. The van der Waals surface area contributed by atoms with E-state index in [1.54, 1.807) is 43.5 Å². The summed E-state index contributed by atoms with van der Waals surface area (Å²) in [5, 5.41) is 12.2. The predicted octanol–water partition coefficient (Wildman–Crippen LogP) is 3.25. The van der Waals surface area contributed by atoms with Crippen LogP contribution in [-0.2, 0) is 0 Å². The number of ether oxygens (including phenoxy) is 1. The number of carbonyl (C=O) groups excluding carboxylic acids is 1. The fourth-order valence-electron chi connectivity index (χ4n) is 2.93. The molecule has 2 aromatic carbocycles. The van der Waals surface area contributed by atoms with E-state index in [1.807, 2.05) is 6.07 Å². The van der Waals surface area contributed by atoms with Crippen LogP contribution in [0.5, 0.6) is 5.75 Å². The highest BCUT2D eigenvalue weighted by molar-refractivity contribution is 6.08. The van der Waals surface area contributed by atoms with Gasteiger partial charge in [0.15, 0.2) is 0 Å². The van der Waals surface area contributed by atoms with Crippen molar-refractivity contribution in [2.24, 2.45) is 0 Å². The average Bonchev–Trinajstić information content (AvgIpc) is 3.16. The molecule has 3 rings (SSSR count). The van der Waals surface area contributed by atoms with E-state index in [0.29, 0.717) is 11.3 Å².